The third-order valence-electron chi connectivity index (χ3n) is 12.2. The number of methoxy groups -OCH3 is 5. The Morgan fingerprint density at radius 1 is 0.442 bits per heavy atom. The average molecular weight is 1390 g/mol. The van der Waals surface area contributed by atoms with E-state index in [4.69, 9.17) is 87.6 Å². The van der Waals surface area contributed by atoms with Gasteiger partial charge in [-0.15, -0.1) is 0 Å². The molecule has 0 aromatic carbocycles. The summed E-state index contributed by atoms with van der Waals surface area (Å²) < 4.78 is 55.7. The number of aromatic nitrogens is 15. The van der Waals surface area contributed by atoms with E-state index in [-0.39, 0.29) is 34.7 Å². The predicted molar refractivity (Wildman–Crippen MR) is 359 cm³/mol. The number of ether oxygens (including phenoxy) is 10. The molecule has 0 aliphatic carbocycles. The fourth-order valence-corrected chi connectivity index (χ4v) is 8.02. The minimum atomic E-state index is -0.110. The fourth-order valence-electron chi connectivity index (χ4n) is 7.51. The molecule has 10 aromatic heterocycles. The second-order valence-corrected chi connectivity index (χ2v) is 21.0. The summed E-state index contributed by atoms with van der Waals surface area (Å²) in [6.45, 7) is 12.6. The molecule has 10 heterocycles. The Hall–Kier alpha value is -11.5. The summed E-state index contributed by atoms with van der Waals surface area (Å²) in [5.41, 5.74) is 30.1. The van der Waals surface area contributed by atoms with E-state index in [1.54, 1.807) is 104 Å². The highest BCUT2D eigenvalue weighted by Crippen LogP contribution is 2.38. The highest BCUT2D eigenvalue weighted by molar-refractivity contribution is 9.10. The summed E-state index contributed by atoms with van der Waals surface area (Å²) in [5.74, 6) is 10.6. The van der Waals surface area contributed by atoms with E-state index < -0.39 is 0 Å². The van der Waals surface area contributed by atoms with Gasteiger partial charge in [0.15, 0.2) is 80.8 Å². The van der Waals surface area contributed by atoms with Crippen molar-refractivity contribution in [2.45, 2.75) is 54.4 Å². The van der Waals surface area contributed by atoms with Crippen LogP contribution in [0.25, 0.3) is 0 Å². The van der Waals surface area contributed by atoms with Gasteiger partial charge in [-0.25, -0.2) is 69.8 Å². The van der Waals surface area contributed by atoms with Gasteiger partial charge in [0.1, 0.15) is 45.6 Å². The van der Waals surface area contributed by atoms with Crippen LogP contribution in [0.15, 0.2) is 102 Å². The highest BCUT2D eigenvalue weighted by Gasteiger charge is 2.20. The largest absolute Gasteiger partial charge is 0.491 e. The number of hydrogen-bond acceptors (Lipinski definition) is 31. The summed E-state index contributed by atoms with van der Waals surface area (Å²) in [6, 6.07) is 9.94. The van der Waals surface area contributed by atoms with Gasteiger partial charge in [-0.05, 0) is 62.5 Å². The van der Waals surface area contributed by atoms with Gasteiger partial charge in [0.05, 0.1) is 101 Å². The van der Waals surface area contributed by atoms with Gasteiger partial charge in [0, 0.05) is 57.7 Å². The molecule has 10 aromatic rings. The van der Waals surface area contributed by atoms with Crippen molar-refractivity contribution >= 4 is 62.3 Å². The van der Waals surface area contributed by atoms with E-state index >= 15 is 0 Å². The lowest BCUT2D eigenvalue weighted by Gasteiger charge is -2.18. The maximum absolute atomic E-state index is 12.4. The number of anilines is 6. The highest BCUT2D eigenvalue weighted by atomic mass is 79.9. The maximum atomic E-state index is 12.4. The van der Waals surface area contributed by atoms with Gasteiger partial charge in [-0.3, -0.25) is 4.79 Å². The van der Waals surface area contributed by atoms with Gasteiger partial charge in [-0.1, -0.05) is 25.4 Å². The third-order valence-corrected chi connectivity index (χ3v) is 13.3. The van der Waals surface area contributed by atoms with E-state index in [1.807, 2.05) is 32.8 Å². The molecule has 0 bridgehead atoms. The predicted octanol–water partition coefficient (Wildman–Crippen LogP) is 9.72. The molecule has 0 atom stereocenters. The minimum Gasteiger partial charge on any atom is -0.491 e. The molecule has 10 rings (SSSR count). The van der Waals surface area contributed by atoms with Crippen molar-refractivity contribution in [3.8, 4) is 86.8 Å². The average Bonchev–Trinajstić information content (AvgIpc) is 0.857. The molecular weight excluding hydrogens is 1320 g/mol. The van der Waals surface area contributed by atoms with E-state index in [2.05, 4.69) is 85.7 Å². The molecule has 500 valence electrons. The van der Waals surface area contributed by atoms with Crippen LogP contribution in [0.4, 0.5) is 34.8 Å². The van der Waals surface area contributed by atoms with E-state index in [0.29, 0.717) is 137 Å². The first kappa shape index (κ1) is 72.6. The second-order valence-electron chi connectivity index (χ2n) is 19.8. The molecule has 0 radical (unpaired) electrons. The molecule has 0 saturated heterocycles. The van der Waals surface area contributed by atoms with Crippen LogP contribution in [0.5, 0.6) is 86.8 Å². The Morgan fingerprint density at radius 3 is 1.21 bits per heavy atom. The van der Waals surface area contributed by atoms with Crippen LogP contribution in [0.1, 0.15) is 54.5 Å². The van der Waals surface area contributed by atoms with Crippen LogP contribution in [-0.4, -0.2) is 124 Å². The van der Waals surface area contributed by atoms with Crippen LogP contribution in [0, 0.1) is 34.6 Å². The van der Waals surface area contributed by atoms with Gasteiger partial charge in [-0.2, -0.15) is 0 Å². The number of halogens is 2. The first-order valence-corrected chi connectivity index (χ1v) is 29.1. The van der Waals surface area contributed by atoms with Gasteiger partial charge < -0.3 is 85.5 Å². The molecular formula is C61H71BrClN21O11. The Balaban J connectivity index is 0.000000188. The fraction of sp³-hybridized carbons (Fsp3) is 0.262. The van der Waals surface area contributed by atoms with E-state index in [1.165, 1.54) is 70.2 Å². The third kappa shape index (κ3) is 20.8. The zero-order valence-corrected chi connectivity index (χ0v) is 56.9. The number of nitrogens with zero attached hydrogens (tertiary/aromatic N) is 16. The van der Waals surface area contributed by atoms with Crippen LogP contribution >= 0.6 is 27.5 Å². The van der Waals surface area contributed by atoms with Crippen LogP contribution < -0.4 is 86.5 Å². The first-order chi connectivity index (χ1) is 45.2. The number of aryl methyl sites for hydroxylation is 5. The van der Waals surface area contributed by atoms with Crippen molar-refractivity contribution in [2.24, 2.45) is 7.05 Å². The number of nitrogens with two attached hydrogens (primary N) is 5. The van der Waals surface area contributed by atoms with Crippen LogP contribution in [0.3, 0.4) is 0 Å². The summed E-state index contributed by atoms with van der Waals surface area (Å²) in [5, 5.41) is 0.343. The van der Waals surface area contributed by atoms with Crippen molar-refractivity contribution in [2.75, 3.05) is 83.2 Å². The quantitative estimate of drug-likeness (QED) is 0.0529. The van der Waals surface area contributed by atoms with Crippen molar-refractivity contribution in [1.82, 2.24) is 74.3 Å². The zero-order chi connectivity index (χ0) is 69.6. The Bertz CT molecular complexity index is 4310. The minimum absolute atomic E-state index is 0.0133. The Labute approximate surface area is 559 Å². The van der Waals surface area contributed by atoms with Gasteiger partial charge in [0.25, 0.3) is 5.56 Å². The number of nitrogen functional groups attached to an aromatic ring is 5. The topological polar surface area (TPSA) is 428 Å². The SMILES string of the molecule is COc1cc(Oc2cnc(C)nc2N)c(Cl)cn1.COc1cc(Oc2cnc(C)nc2N)c(N(C)C)cn1.COc1cc(Oc2cnc(C)nc2N)c(OC)cn1.COc1cc(Oc2cnc(C)nc2N)ccn1.Cc1ncc(Oc2cc(Br)n(C)c(=O)c2C(C)C)c(N)n1. The maximum Gasteiger partial charge on any atom is 0.258 e. The Morgan fingerprint density at radius 2 is 0.800 bits per heavy atom. The molecule has 0 spiro atoms. The lowest BCUT2D eigenvalue weighted by Crippen LogP contribution is -2.23. The lowest BCUT2D eigenvalue weighted by atomic mass is 10.0. The van der Waals surface area contributed by atoms with Gasteiger partial charge in [0.2, 0.25) is 23.5 Å². The molecule has 95 heavy (non-hydrogen) atoms. The monoisotopic (exact) mass is 1390 g/mol. The molecule has 0 aliphatic rings. The summed E-state index contributed by atoms with van der Waals surface area (Å²) >= 11 is 9.31. The molecule has 0 unspecified atom stereocenters. The number of pyridine rings is 5. The number of hydrogen-bond donors (Lipinski definition) is 5. The standard InChI is InChI=1S/C14H17BrN4O2.C13H17N5O2.C12H14N4O3.C11H11ClN4O2.C11H12N4O2/c1-7(2)12-9(5-11(15)19(4)14(12)20)21-10-6-17-8(3)18-13(10)16;1-8-15-7-11(13(14)17-8)20-10-5-12(19-4)16-6-9(10)18(2)3;1-7-14-6-10(12(13)16-7)19-8-4-11(18-3)15-5-9(8)17-2;1-6-14-5-9(11(13)16-6)18-8-3-10(17-2)15-4-7(8)12;1-7-14-6-9(11(12)15-7)17-8-3-4-13-10(5-8)16-2/h5-7H,1-4H3,(H2,16,17,18);5-7H,1-4H3,(H2,14,15,17);4-6H,1-3H3,(H2,13,14,16);3-5H,1-2H3,(H2,13,14,16);3-6H,1-2H3,(H2,12,14,15). The molecule has 0 fully saturated rings. The lowest BCUT2D eigenvalue weighted by molar-refractivity contribution is 0.362. The molecule has 0 saturated carbocycles. The van der Waals surface area contributed by atoms with Crippen LogP contribution in [-0.2, 0) is 7.05 Å². The second kappa shape index (κ2) is 34.3. The molecule has 10 N–H and O–H groups in total. The smallest absolute Gasteiger partial charge is 0.258 e. The molecule has 34 heteroatoms. The van der Waals surface area contributed by atoms with E-state index in [0.717, 1.165) is 5.69 Å². The summed E-state index contributed by atoms with van der Waals surface area (Å²) in [6.07, 6.45) is 13.8. The molecule has 0 amide bonds. The normalized spacial score (nSPS) is 10.3. The zero-order valence-electron chi connectivity index (χ0n) is 54.5. The number of rotatable bonds is 17. The van der Waals surface area contributed by atoms with Crippen molar-refractivity contribution in [3.63, 3.8) is 0 Å². The molecule has 0 aliphatic heterocycles. The van der Waals surface area contributed by atoms with E-state index in [9.17, 15) is 4.79 Å². The summed E-state index contributed by atoms with van der Waals surface area (Å²) in [7, 11) is 13.1. The Kier molecular flexibility index (Phi) is 26.2. The van der Waals surface area contributed by atoms with Crippen molar-refractivity contribution in [3.05, 3.63) is 147 Å². The first-order valence-electron chi connectivity index (χ1n) is 28.0. The van der Waals surface area contributed by atoms with Crippen LogP contribution in [0.2, 0.25) is 5.02 Å². The summed E-state index contributed by atoms with van der Waals surface area (Å²) in [4.78, 5) is 70.7. The molecule has 32 nitrogen and oxygen atoms in total. The van der Waals surface area contributed by atoms with Crippen molar-refractivity contribution in [1.29, 1.82) is 0 Å². The van der Waals surface area contributed by atoms with Crippen molar-refractivity contribution < 1.29 is 47.4 Å². The van der Waals surface area contributed by atoms with Gasteiger partial charge >= 0.3 is 0 Å².